The molecule has 2 rings (SSSR count). The monoisotopic (exact) mass is 316 g/mol. The Morgan fingerprint density at radius 2 is 2.35 bits per heavy atom. The third kappa shape index (κ3) is 3.13. The first-order valence-electron chi connectivity index (χ1n) is 5.38. The fourth-order valence-electron chi connectivity index (χ4n) is 1.87. The lowest BCUT2D eigenvalue weighted by molar-refractivity contribution is -0.384. The first-order chi connectivity index (χ1) is 8.06. The van der Waals surface area contributed by atoms with Gasteiger partial charge in [0.1, 0.15) is 0 Å². The van der Waals surface area contributed by atoms with E-state index in [1.807, 2.05) is 11.8 Å². The molecule has 17 heavy (non-hydrogen) atoms. The highest BCUT2D eigenvalue weighted by Crippen LogP contribution is 2.32. The van der Waals surface area contributed by atoms with Gasteiger partial charge in [-0.15, -0.1) is 0 Å². The van der Waals surface area contributed by atoms with E-state index in [1.165, 1.54) is 12.1 Å². The second-order valence-corrected chi connectivity index (χ2v) is 6.47. The summed E-state index contributed by atoms with van der Waals surface area (Å²) in [7, 11) is 0. The molecule has 0 bridgehead atoms. The average Bonchev–Trinajstić information content (AvgIpc) is 2.67. The smallest absolute Gasteiger partial charge is 0.270 e. The Balaban J connectivity index is 2.09. The fraction of sp³-hybridized carbons (Fsp3) is 0.455. The maximum Gasteiger partial charge on any atom is 0.270 e. The molecular weight excluding hydrogens is 304 g/mol. The van der Waals surface area contributed by atoms with E-state index in [4.69, 9.17) is 0 Å². The van der Waals surface area contributed by atoms with Gasteiger partial charge in [-0.1, -0.05) is 6.92 Å². The lowest BCUT2D eigenvalue weighted by atomic mass is 10.2. The van der Waals surface area contributed by atoms with E-state index in [9.17, 15) is 10.1 Å². The van der Waals surface area contributed by atoms with Crippen LogP contribution in [0.5, 0.6) is 0 Å². The number of non-ortho nitro benzene ring substituents is 1. The van der Waals surface area contributed by atoms with Gasteiger partial charge in [0.25, 0.3) is 5.69 Å². The van der Waals surface area contributed by atoms with Crippen LogP contribution >= 0.6 is 27.7 Å². The topological polar surface area (TPSA) is 55.2 Å². The van der Waals surface area contributed by atoms with Gasteiger partial charge in [-0.3, -0.25) is 10.1 Å². The molecule has 1 N–H and O–H groups in total. The minimum absolute atomic E-state index is 0.108. The van der Waals surface area contributed by atoms with Crippen LogP contribution in [0.4, 0.5) is 11.4 Å². The Hall–Kier alpha value is -0.750. The number of nitro groups is 1. The van der Waals surface area contributed by atoms with Crippen LogP contribution < -0.4 is 5.32 Å². The zero-order valence-electron chi connectivity index (χ0n) is 9.35. The minimum atomic E-state index is -0.387. The molecule has 1 aliphatic rings. The maximum absolute atomic E-state index is 10.6. The molecule has 1 saturated heterocycles. The first-order valence-corrected chi connectivity index (χ1v) is 7.22. The summed E-state index contributed by atoms with van der Waals surface area (Å²) in [5.74, 6) is 1.09. The number of benzene rings is 1. The zero-order valence-corrected chi connectivity index (χ0v) is 11.8. The highest BCUT2D eigenvalue weighted by molar-refractivity contribution is 9.10. The summed E-state index contributed by atoms with van der Waals surface area (Å²) in [5, 5.41) is 14.7. The molecule has 1 aromatic rings. The third-order valence-electron chi connectivity index (χ3n) is 2.72. The average molecular weight is 317 g/mol. The van der Waals surface area contributed by atoms with Gasteiger partial charge >= 0.3 is 0 Å². The number of nitrogens with one attached hydrogen (secondary N) is 1. The first kappa shape index (κ1) is 12.7. The van der Waals surface area contributed by atoms with Crippen LogP contribution in [0, 0.1) is 10.1 Å². The van der Waals surface area contributed by atoms with Crippen LogP contribution in [-0.4, -0.2) is 22.0 Å². The fourth-order valence-corrected chi connectivity index (χ4v) is 3.50. The van der Waals surface area contributed by atoms with Crippen LogP contribution in [0.15, 0.2) is 22.7 Å². The van der Waals surface area contributed by atoms with Gasteiger partial charge in [0, 0.05) is 39.3 Å². The molecule has 1 aliphatic heterocycles. The van der Waals surface area contributed by atoms with E-state index < -0.39 is 0 Å². The Kier molecular flexibility index (Phi) is 3.93. The molecule has 0 radical (unpaired) electrons. The maximum atomic E-state index is 10.6. The van der Waals surface area contributed by atoms with E-state index in [-0.39, 0.29) is 10.6 Å². The number of anilines is 1. The Labute approximate surface area is 112 Å². The van der Waals surface area contributed by atoms with E-state index in [0.717, 1.165) is 22.3 Å². The molecule has 92 valence electrons. The number of thioether (sulfide) groups is 1. The second-order valence-electron chi connectivity index (χ2n) is 4.14. The van der Waals surface area contributed by atoms with E-state index in [2.05, 4.69) is 28.2 Å². The van der Waals surface area contributed by atoms with Crippen LogP contribution in [-0.2, 0) is 0 Å². The second kappa shape index (κ2) is 5.27. The van der Waals surface area contributed by atoms with Gasteiger partial charge in [0.05, 0.1) is 4.92 Å². The SMILES string of the molecule is CC1CC(Nc2ccc([N+](=O)[O-])cc2Br)CS1. The number of halogens is 1. The van der Waals surface area contributed by atoms with E-state index >= 15 is 0 Å². The molecule has 0 aliphatic carbocycles. The van der Waals surface area contributed by atoms with Crippen molar-refractivity contribution in [3.05, 3.63) is 32.8 Å². The van der Waals surface area contributed by atoms with Crippen LogP contribution in [0.3, 0.4) is 0 Å². The predicted molar refractivity (Wildman–Crippen MR) is 74.7 cm³/mol. The molecule has 2 atom stereocenters. The largest absolute Gasteiger partial charge is 0.381 e. The Morgan fingerprint density at radius 1 is 1.59 bits per heavy atom. The molecule has 0 spiro atoms. The van der Waals surface area contributed by atoms with Crippen LogP contribution in [0.1, 0.15) is 13.3 Å². The van der Waals surface area contributed by atoms with E-state index in [0.29, 0.717) is 11.3 Å². The summed E-state index contributed by atoms with van der Waals surface area (Å²) >= 11 is 5.32. The van der Waals surface area contributed by atoms with Crippen molar-refractivity contribution < 1.29 is 4.92 Å². The molecule has 0 aromatic heterocycles. The zero-order chi connectivity index (χ0) is 12.4. The van der Waals surface area contributed by atoms with Crippen molar-refractivity contribution >= 4 is 39.1 Å². The van der Waals surface area contributed by atoms with Crippen molar-refractivity contribution in [1.29, 1.82) is 0 Å². The molecule has 2 unspecified atom stereocenters. The quantitative estimate of drug-likeness (QED) is 0.683. The molecule has 1 fully saturated rings. The third-order valence-corrected chi connectivity index (χ3v) is 4.73. The number of nitro benzene ring substituents is 1. The molecule has 1 aromatic carbocycles. The van der Waals surface area contributed by atoms with Gasteiger partial charge in [-0.05, 0) is 28.4 Å². The molecule has 1 heterocycles. The number of nitrogens with zero attached hydrogens (tertiary/aromatic N) is 1. The van der Waals surface area contributed by atoms with Crippen molar-refractivity contribution in [2.75, 3.05) is 11.1 Å². The van der Waals surface area contributed by atoms with Gasteiger partial charge in [-0.2, -0.15) is 11.8 Å². The Morgan fingerprint density at radius 3 is 2.88 bits per heavy atom. The van der Waals surface area contributed by atoms with Gasteiger partial charge < -0.3 is 5.32 Å². The number of rotatable bonds is 3. The molecular formula is C11H13BrN2O2S. The lowest BCUT2D eigenvalue weighted by Gasteiger charge is -2.14. The van der Waals surface area contributed by atoms with Crippen molar-refractivity contribution in [2.24, 2.45) is 0 Å². The van der Waals surface area contributed by atoms with Gasteiger partial charge in [0.15, 0.2) is 0 Å². The van der Waals surface area contributed by atoms with Gasteiger partial charge in [0.2, 0.25) is 0 Å². The Bertz CT molecular complexity index is 441. The van der Waals surface area contributed by atoms with E-state index in [1.54, 1.807) is 6.07 Å². The van der Waals surface area contributed by atoms with Crippen LogP contribution in [0.25, 0.3) is 0 Å². The normalized spacial score (nSPS) is 23.6. The highest BCUT2D eigenvalue weighted by Gasteiger charge is 2.22. The van der Waals surface area contributed by atoms with Crippen molar-refractivity contribution in [3.8, 4) is 0 Å². The lowest BCUT2D eigenvalue weighted by Crippen LogP contribution is -2.19. The molecule has 6 heteroatoms. The summed E-state index contributed by atoms with van der Waals surface area (Å²) < 4.78 is 0.747. The van der Waals surface area contributed by atoms with Crippen molar-refractivity contribution in [1.82, 2.24) is 0 Å². The molecule has 0 saturated carbocycles. The minimum Gasteiger partial charge on any atom is -0.381 e. The van der Waals surface area contributed by atoms with Gasteiger partial charge in [-0.25, -0.2) is 0 Å². The summed E-state index contributed by atoms with van der Waals surface area (Å²) in [6.07, 6.45) is 1.13. The predicted octanol–water partition coefficient (Wildman–Crippen LogP) is 3.66. The van der Waals surface area contributed by atoms with Crippen molar-refractivity contribution in [2.45, 2.75) is 24.6 Å². The molecule has 0 amide bonds. The van der Waals surface area contributed by atoms with Crippen LogP contribution in [0.2, 0.25) is 0 Å². The van der Waals surface area contributed by atoms with Crippen molar-refractivity contribution in [3.63, 3.8) is 0 Å². The summed E-state index contributed by atoms with van der Waals surface area (Å²) in [6, 6.07) is 5.27. The standard InChI is InChI=1S/C11H13BrN2O2S/c1-7-4-8(6-17-7)13-11-3-2-9(14(15)16)5-10(11)12/h2-3,5,7-8,13H,4,6H2,1H3. The number of hydrogen-bond acceptors (Lipinski definition) is 4. The molecule has 4 nitrogen and oxygen atoms in total. The number of hydrogen-bond donors (Lipinski definition) is 1. The summed E-state index contributed by atoms with van der Waals surface area (Å²) in [5.41, 5.74) is 1.03. The highest BCUT2D eigenvalue weighted by atomic mass is 79.9. The summed E-state index contributed by atoms with van der Waals surface area (Å²) in [6.45, 7) is 2.22. The summed E-state index contributed by atoms with van der Waals surface area (Å²) in [4.78, 5) is 10.2.